The number of hydrogen-bond donors (Lipinski definition) is 0. The molecule has 7 aromatic carbocycles. The highest BCUT2D eigenvalue weighted by atomic mass is 32.1. The van der Waals surface area contributed by atoms with E-state index in [2.05, 4.69) is 140 Å². The first-order chi connectivity index (χ1) is 22.8. The minimum Gasteiger partial charge on any atom is -0.192 e. The zero-order chi connectivity index (χ0) is 30.6. The van der Waals surface area contributed by atoms with Crippen LogP contribution >= 0.6 is 22.7 Å². The summed E-state index contributed by atoms with van der Waals surface area (Å²) in [4.78, 5) is 0. The Balaban J connectivity index is 1.37. The summed E-state index contributed by atoms with van der Waals surface area (Å²) in [5, 5.41) is 15.7. The summed E-state index contributed by atoms with van der Waals surface area (Å²) < 4.78 is 5.14. The lowest BCUT2D eigenvalue weighted by Crippen LogP contribution is -1.92. The van der Waals surface area contributed by atoms with Crippen molar-refractivity contribution in [1.29, 1.82) is 5.26 Å². The summed E-state index contributed by atoms with van der Waals surface area (Å²) in [5.41, 5.74) is 9.36. The largest absolute Gasteiger partial charge is 0.192 e. The van der Waals surface area contributed by atoms with Crippen LogP contribution in [0.2, 0.25) is 0 Å². The number of benzene rings is 7. The minimum absolute atomic E-state index is 0.690. The van der Waals surface area contributed by atoms with Gasteiger partial charge in [-0.3, -0.25) is 0 Å². The summed E-state index contributed by atoms with van der Waals surface area (Å²) in [6.07, 6.45) is 0. The number of fused-ring (bicyclic) bond motifs is 6. The molecule has 3 heteroatoms. The van der Waals surface area contributed by atoms with Crippen molar-refractivity contribution in [2.75, 3.05) is 0 Å². The van der Waals surface area contributed by atoms with E-state index in [1.165, 1.54) is 51.5 Å². The van der Waals surface area contributed by atoms with Crippen molar-refractivity contribution in [2.24, 2.45) is 0 Å². The van der Waals surface area contributed by atoms with Crippen LogP contribution in [0, 0.1) is 11.3 Å². The summed E-state index contributed by atoms with van der Waals surface area (Å²) in [6.45, 7) is 0. The fraction of sp³-hybridized carbons (Fsp3) is 0. The third kappa shape index (κ3) is 4.27. The van der Waals surface area contributed by atoms with Crippen molar-refractivity contribution in [3.05, 3.63) is 157 Å². The zero-order valence-electron chi connectivity index (χ0n) is 24.7. The summed E-state index contributed by atoms with van der Waals surface area (Å²) >= 11 is 3.68. The van der Waals surface area contributed by atoms with Gasteiger partial charge in [0.1, 0.15) is 6.07 Å². The first-order valence-corrected chi connectivity index (χ1v) is 17.0. The Labute approximate surface area is 274 Å². The summed E-state index contributed by atoms with van der Waals surface area (Å²) in [7, 11) is 0. The SMILES string of the molecule is N#Cc1c(-c2ccccc2)cccc1-c1cc(-c2cccc3sc4ccccc4c23)cc(-c2cccc3sc4ccccc4c23)c1. The maximum atomic E-state index is 10.6. The number of thiophene rings is 2. The number of nitriles is 1. The molecular weight excluding hydrogens is 595 g/mol. The lowest BCUT2D eigenvalue weighted by Gasteiger charge is -2.15. The lowest BCUT2D eigenvalue weighted by molar-refractivity contribution is 1.47. The molecule has 0 unspecified atom stereocenters. The number of hydrogen-bond acceptors (Lipinski definition) is 3. The quantitative estimate of drug-likeness (QED) is 0.192. The lowest BCUT2D eigenvalue weighted by atomic mass is 9.87. The average Bonchev–Trinajstić information content (AvgIpc) is 3.70. The molecule has 0 aliphatic carbocycles. The molecule has 9 aromatic rings. The zero-order valence-corrected chi connectivity index (χ0v) is 26.3. The van der Waals surface area contributed by atoms with E-state index < -0.39 is 0 Å². The molecule has 46 heavy (non-hydrogen) atoms. The Morgan fingerprint density at radius 2 is 0.783 bits per heavy atom. The van der Waals surface area contributed by atoms with Crippen LogP contribution in [0.1, 0.15) is 5.56 Å². The molecule has 0 saturated heterocycles. The van der Waals surface area contributed by atoms with Crippen LogP contribution < -0.4 is 0 Å². The van der Waals surface area contributed by atoms with E-state index in [1.807, 2.05) is 40.9 Å². The highest BCUT2D eigenvalue weighted by Crippen LogP contribution is 2.45. The Morgan fingerprint density at radius 3 is 1.33 bits per heavy atom. The predicted molar refractivity (Wildman–Crippen MR) is 199 cm³/mol. The maximum absolute atomic E-state index is 10.6. The standard InChI is InChI=1S/C43H25NS2/c44-26-37-31(27-11-2-1-3-12-27)15-8-16-32(37)28-23-29(33-17-9-21-40-42(33)35-13-4-6-19-38(35)45-40)25-30(24-28)34-18-10-22-41-43(34)36-14-5-7-20-39(36)46-41/h1-25H. The molecule has 0 radical (unpaired) electrons. The van der Waals surface area contributed by atoms with Gasteiger partial charge < -0.3 is 0 Å². The van der Waals surface area contributed by atoms with Gasteiger partial charge in [-0.1, -0.05) is 109 Å². The Kier molecular flexibility index (Phi) is 6.31. The van der Waals surface area contributed by atoms with E-state index in [0.29, 0.717) is 5.56 Å². The van der Waals surface area contributed by atoms with Crippen LogP contribution in [0.15, 0.2) is 152 Å². The van der Waals surface area contributed by atoms with Gasteiger partial charge in [-0.2, -0.15) is 5.26 Å². The van der Waals surface area contributed by atoms with E-state index in [4.69, 9.17) is 0 Å². The molecule has 214 valence electrons. The molecule has 2 aromatic heterocycles. The van der Waals surface area contributed by atoms with Crippen molar-refractivity contribution >= 4 is 63.0 Å². The molecule has 0 N–H and O–H groups in total. The third-order valence-electron chi connectivity index (χ3n) is 8.93. The molecular formula is C43H25NS2. The van der Waals surface area contributed by atoms with Gasteiger partial charge in [0.15, 0.2) is 0 Å². The van der Waals surface area contributed by atoms with E-state index in [9.17, 15) is 5.26 Å². The molecule has 0 spiro atoms. The fourth-order valence-corrected chi connectivity index (χ4v) is 9.16. The molecule has 0 saturated carbocycles. The molecule has 0 aliphatic heterocycles. The van der Waals surface area contributed by atoms with Crippen LogP contribution in [0.25, 0.3) is 84.9 Å². The van der Waals surface area contributed by atoms with Crippen molar-refractivity contribution in [1.82, 2.24) is 0 Å². The molecule has 0 amide bonds. The minimum atomic E-state index is 0.690. The van der Waals surface area contributed by atoms with Crippen molar-refractivity contribution in [3.63, 3.8) is 0 Å². The van der Waals surface area contributed by atoms with Crippen LogP contribution in [-0.4, -0.2) is 0 Å². The monoisotopic (exact) mass is 619 g/mol. The van der Waals surface area contributed by atoms with Crippen LogP contribution in [0.3, 0.4) is 0 Å². The first-order valence-electron chi connectivity index (χ1n) is 15.3. The fourth-order valence-electron chi connectivity index (χ4n) is 6.90. The number of nitrogens with zero attached hydrogens (tertiary/aromatic N) is 1. The van der Waals surface area contributed by atoms with Gasteiger partial charge in [0.25, 0.3) is 0 Å². The summed E-state index contributed by atoms with van der Waals surface area (Å²) in [6, 6.07) is 56.6. The molecule has 0 bridgehead atoms. The normalized spacial score (nSPS) is 11.5. The summed E-state index contributed by atoms with van der Waals surface area (Å²) in [5.74, 6) is 0. The van der Waals surface area contributed by atoms with E-state index in [1.54, 1.807) is 0 Å². The molecule has 1 nitrogen and oxygen atoms in total. The maximum Gasteiger partial charge on any atom is 0.100 e. The Bertz CT molecular complexity index is 2520. The molecule has 9 rings (SSSR count). The van der Waals surface area contributed by atoms with Crippen LogP contribution in [0.5, 0.6) is 0 Å². The second-order valence-electron chi connectivity index (χ2n) is 11.6. The third-order valence-corrected chi connectivity index (χ3v) is 11.2. The van der Waals surface area contributed by atoms with Gasteiger partial charge in [0.2, 0.25) is 0 Å². The van der Waals surface area contributed by atoms with Gasteiger partial charge in [0, 0.05) is 51.5 Å². The van der Waals surface area contributed by atoms with Gasteiger partial charge in [0.05, 0.1) is 5.56 Å². The number of rotatable bonds is 4. The molecule has 0 atom stereocenters. The van der Waals surface area contributed by atoms with Crippen molar-refractivity contribution in [3.8, 4) is 50.6 Å². The van der Waals surface area contributed by atoms with Crippen molar-refractivity contribution in [2.45, 2.75) is 0 Å². The van der Waals surface area contributed by atoms with Gasteiger partial charge in [-0.05, 0) is 75.8 Å². The second kappa shape index (κ2) is 10.8. The van der Waals surface area contributed by atoms with Crippen LogP contribution in [-0.2, 0) is 0 Å². The Hall–Kier alpha value is -5.53. The molecule has 2 heterocycles. The molecule has 0 aliphatic rings. The highest BCUT2D eigenvalue weighted by Gasteiger charge is 2.18. The smallest absolute Gasteiger partial charge is 0.100 e. The average molecular weight is 620 g/mol. The van der Waals surface area contributed by atoms with E-state index in [0.717, 1.165) is 33.4 Å². The first kappa shape index (κ1) is 26.8. The van der Waals surface area contributed by atoms with Crippen molar-refractivity contribution < 1.29 is 0 Å². The highest BCUT2D eigenvalue weighted by molar-refractivity contribution is 7.26. The second-order valence-corrected chi connectivity index (χ2v) is 13.7. The topological polar surface area (TPSA) is 23.8 Å². The Morgan fingerprint density at radius 1 is 0.370 bits per heavy atom. The predicted octanol–water partition coefficient (Wildman–Crippen LogP) is 13.0. The molecule has 0 fully saturated rings. The van der Waals surface area contributed by atoms with Gasteiger partial charge >= 0.3 is 0 Å². The van der Waals surface area contributed by atoms with Gasteiger partial charge in [-0.15, -0.1) is 22.7 Å². The van der Waals surface area contributed by atoms with E-state index >= 15 is 0 Å². The van der Waals surface area contributed by atoms with E-state index in [-0.39, 0.29) is 0 Å². The van der Waals surface area contributed by atoms with Gasteiger partial charge in [-0.25, -0.2) is 0 Å². The van der Waals surface area contributed by atoms with Crippen LogP contribution in [0.4, 0.5) is 0 Å².